The fraction of sp³-hybridized carbons (Fsp3) is 0. The van der Waals surface area contributed by atoms with E-state index < -0.39 is 0 Å². The van der Waals surface area contributed by atoms with Gasteiger partial charge in [-0.3, -0.25) is 0 Å². The molecule has 626 valence electrons. The number of hydrogen-bond donors (Lipinski definition) is 0. The van der Waals surface area contributed by atoms with Gasteiger partial charge in [0.1, 0.15) is 22.3 Å². The lowest BCUT2D eigenvalue weighted by atomic mass is 9.94. The van der Waals surface area contributed by atoms with E-state index in [4.69, 9.17) is 8.83 Å². The van der Waals surface area contributed by atoms with Crippen molar-refractivity contribution in [1.82, 2.24) is 9.13 Å². The number of anilines is 6. The Balaban J connectivity index is 0.544. The van der Waals surface area contributed by atoms with Crippen molar-refractivity contribution < 1.29 is 8.83 Å². The molecule has 0 aliphatic rings. The predicted molar refractivity (Wildman–Crippen MR) is 563 cm³/mol. The van der Waals surface area contributed by atoms with Gasteiger partial charge < -0.3 is 27.8 Å². The summed E-state index contributed by atoms with van der Waals surface area (Å²) in [5, 5.41) is 14.0. The molecule has 0 aliphatic carbocycles. The minimum atomic E-state index is 0.828. The zero-order chi connectivity index (χ0) is 88.3. The Kier molecular flexibility index (Phi) is 18.5. The maximum Gasteiger partial charge on any atom is 0.143 e. The van der Waals surface area contributed by atoms with Gasteiger partial charge in [0, 0.05) is 99.5 Å². The number of aromatic nitrogens is 2. The van der Waals surface area contributed by atoms with Crippen LogP contribution in [0.2, 0.25) is 0 Å². The molecular weight excluding hydrogens is 1630 g/mol. The van der Waals surface area contributed by atoms with Crippen molar-refractivity contribution in [3.63, 3.8) is 0 Å². The third kappa shape index (κ3) is 13.2. The monoisotopic (exact) mass is 1710 g/mol. The van der Waals surface area contributed by atoms with Gasteiger partial charge in [-0.15, -0.1) is 0 Å². The zero-order valence-corrected chi connectivity index (χ0v) is 72.9. The molecule has 0 fully saturated rings. The molecule has 0 radical (unpaired) electrons. The highest BCUT2D eigenvalue weighted by molar-refractivity contribution is 6.15. The van der Waals surface area contributed by atoms with Crippen molar-refractivity contribution in [2.75, 3.05) is 9.80 Å². The van der Waals surface area contributed by atoms with Crippen LogP contribution in [0.25, 0.3) is 221 Å². The summed E-state index contributed by atoms with van der Waals surface area (Å²) in [6, 6.07) is 182. The summed E-state index contributed by atoms with van der Waals surface area (Å²) in [5.41, 5.74) is 36.5. The minimum absolute atomic E-state index is 0.828. The predicted octanol–water partition coefficient (Wildman–Crippen LogP) is 35.9. The molecule has 26 aromatic rings. The van der Waals surface area contributed by atoms with E-state index >= 15 is 0 Å². The average Bonchev–Trinajstić information content (AvgIpc) is 1.58. The van der Waals surface area contributed by atoms with Gasteiger partial charge in [-0.1, -0.05) is 364 Å². The molecule has 4 aromatic heterocycles. The zero-order valence-electron chi connectivity index (χ0n) is 72.9. The Morgan fingerprint density at radius 2 is 0.455 bits per heavy atom. The third-order valence-corrected chi connectivity index (χ3v) is 27.3. The molecular formula is C128H82N4O2. The molecule has 6 heteroatoms. The van der Waals surface area contributed by atoms with Gasteiger partial charge in [0.2, 0.25) is 0 Å². The Labute approximate surface area is 774 Å². The quantitative estimate of drug-likeness (QED) is 0.0911. The van der Waals surface area contributed by atoms with Crippen LogP contribution in [0.3, 0.4) is 0 Å². The number of fused-ring (bicyclic) bond motifs is 14. The number of benzene rings is 22. The topological polar surface area (TPSA) is 42.6 Å². The van der Waals surface area contributed by atoms with E-state index in [0.717, 1.165) is 195 Å². The van der Waals surface area contributed by atoms with Crippen LogP contribution >= 0.6 is 0 Å². The summed E-state index contributed by atoms with van der Waals surface area (Å²) in [7, 11) is 0. The number of nitrogens with zero attached hydrogens (tertiary/aromatic N) is 4. The van der Waals surface area contributed by atoms with E-state index in [1.54, 1.807) is 0 Å². The van der Waals surface area contributed by atoms with E-state index in [1.165, 1.54) is 60.0 Å². The highest BCUT2D eigenvalue weighted by Gasteiger charge is 2.26. The Morgan fingerprint density at radius 1 is 0.149 bits per heavy atom. The van der Waals surface area contributed by atoms with Crippen molar-refractivity contribution in [3.8, 4) is 112 Å². The van der Waals surface area contributed by atoms with Crippen molar-refractivity contribution in [2.24, 2.45) is 0 Å². The van der Waals surface area contributed by atoms with Crippen molar-refractivity contribution in [2.45, 2.75) is 0 Å². The maximum absolute atomic E-state index is 7.21. The van der Waals surface area contributed by atoms with E-state index in [-0.39, 0.29) is 0 Å². The lowest BCUT2D eigenvalue weighted by molar-refractivity contribution is 0.669. The highest BCUT2D eigenvalue weighted by Crippen LogP contribution is 2.49. The molecule has 0 aliphatic heterocycles. The first-order valence-electron chi connectivity index (χ1n) is 45.9. The summed E-state index contributed by atoms with van der Waals surface area (Å²) < 4.78 is 18.8. The van der Waals surface area contributed by atoms with E-state index in [0.29, 0.717) is 0 Å². The first-order chi connectivity index (χ1) is 66.4. The van der Waals surface area contributed by atoms with Crippen LogP contribution < -0.4 is 9.80 Å². The average molecular weight is 1710 g/mol. The molecule has 0 saturated heterocycles. The van der Waals surface area contributed by atoms with Gasteiger partial charge in [0.05, 0.1) is 33.4 Å². The maximum atomic E-state index is 7.21. The molecule has 26 rings (SSSR count). The number of rotatable bonds is 17. The normalized spacial score (nSPS) is 11.7. The Bertz CT molecular complexity index is 9020. The molecule has 0 saturated carbocycles. The van der Waals surface area contributed by atoms with Crippen LogP contribution in [-0.2, 0) is 0 Å². The summed E-state index contributed by atoms with van der Waals surface area (Å²) in [5.74, 6) is 0. The minimum Gasteiger partial charge on any atom is -0.455 e. The van der Waals surface area contributed by atoms with Crippen LogP contribution in [0.1, 0.15) is 0 Å². The summed E-state index contributed by atoms with van der Waals surface area (Å²) in [4.78, 5) is 4.79. The molecule has 0 N–H and O–H groups in total. The van der Waals surface area contributed by atoms with Gasteiger partial charge in [-0.25, -0.2) is 0 Å². The van der Waals surface area contributed by atoms with Crippen LogP contribution in [0.15, 0.2) is 506 Å². The standard InChI is InChI=1S/C128H82N4O2/c1-3-26-83(27-4-1)90-63-73-107(123(80-90)131-119-51-14-9-40-111(119)112-41-10-15-52-120(112)131)87-58-68-98(69-59-87)129(97-66-56-86(57-67-97)104-45-22-31-85-30-7-8-39-103(85)104)100-36-20-33-95(78-100)110-48-25-50-118-116-75-65-92(82-126(116)134-128(110)118)89-62-72-106-93(76-89)35-23-46-105(106)94-32-19-37-101(77-94)130(102-38-21-34-96(79-102)109-47-24-49-117-115-44-13-18-55-125(115)133-127(109)117)99-70-60-88(61-71-99)108-74-64-91(84-28-5-2-6-29-84)81-124(108)132-121-53-16-11-42-113(121)114-43-12-17-54-122(114)132/h1-82H. The SMILES string of the molecule is c1ccc(-c2ccc(-c3ccc(N(c4ccc(-c5cccc6ccccc56)cc4)c4cccc(-c5cccc6c5oc5cc(-c7ccc8c(-c9cccc(N(c%10ccc(-c%11ccc(-c%12ccccc%12)cc%11-n%11c%12ccccc%12c%12ccccc%12%11)cc%10)c%10cccc(-c%11cccc%12c%11oc%11ccccc%11%12)c%10)c9)cccc8c7)ccc56)c4)cc3)c(-n3c4ccccc4c4ccccc43)c2)cc1. The molecule has 0 atom stereocenters. The van der Waals surface area contributed by atoms with E-state index in [9.17, 15) is 0 Å². The van der Waals surface area contributed by atoms with E-state index in [1.807, 2.05) is 6.07 Å². The molecule has 0 unspecified atom stereocenters. The van der Waals surface area contributed by atoms with Crippen molar-refractivity contribution in [1.29, 1.82) is 0 Å². The fourth-order valence-electron chi connectivity index (χ4n) is 21.0. The number of hydrogen-bond acceptors (Lipinski definition) is 4. The highest BCUT2D eigenvalue weighted by atomic mass is 16.3. The van der Waals surface area contributed by atoms with Crippen molar-refractivity contribution in [3.05, 3.63) is 497 Å². The molecule has 0 amide bonds. The van der Waals surface area contributed by atoms with Gasteiger partial charge in [-0.05, 0) is 233 Å². The molecule has 4 heterocycles. The molecule has 0 spiro atoms. The van der Waals surface area contributed by atoms with Gasteiger partial charge in [0.15, 0.2) is 0 Å². The van der Waals surface area contributed by atoms with E-state index in [2.05, 4.69) is 510 Å². The second-order valence-electron chi connectivity index (χ2n) is 34.9. The summed E-state index contributed by atoms with van der Waals surface area (Å²) in [6.07, 6.45) is 0. The molecule has 0 bridgehead atoms. The second-order valence-corrected chi connectivity index (χ2v) is 34.9. The van der Waals surface area contributed by atoms with Gasteiger partial charge in [0.25, 0.3) is 0 Å². The third-order valence-electron chi connectivity index (χ3n) is 27.3. The second kappa shape index (κ2) is 32.1. The van der Waals surface area contributed by atoms with Gasteiger partial charge in [-0.2, -0.15) is 0 Å². The first-order valence-corrected chi connectivity index (χ1v) is 45.9. The molecule has 6 nitrogen and oxygen atoms in total. The number of para-hydroxylation sites is 7. The Morgan fingerprint density at radius 3 is 0.948 bits per heavy atom. The number of furan rings is 2. The lowest BCUT2D eigenvalue weighted by Gasteiger charge is -2.27. The van der Waals surface area contributed by atoms with Crippen molar-refractivity contribution >= 4 is 143 Å². The Hall–Kier alpha value is -17.8. The van der Waals surface area contributed by atoms with Gasteiger partial charge >= 0.3 is 0 Å². The first kappa shape index (κ1) is 77.3. The molecule has 22 aromatic carbocycles. The largest absolute Gasteiger partial charge is 0.455 e. The lowest BCUT2D eigenvalue weighted by Crippen LogP contribution is -2.10. The van der Waals surface area contributed by atoms with Crippen LogP contribution in [0.5, 0.6) is 0 Å². The van der Waals surface area contributed by atoms with Crippen LogP contribution in [-0.4, -0.2) is 9.13 Å². The summed E-state index contributed by atoms with van der Waals surface area (Å²) >= 11 is 0. The fourth-order valence-corrected chi connectivity index (χ4v) is 21.0. The van der Waals surface area contributed by atoms with Crippen LogP contribution in [0.4, 0.5) is 34.1 Å². The smallest absolute Gasteiger partial charge is 0.143 e. The summed E-state index contributed by atoms with van der Waals surface area (Å²) in [6.45, 7) is 0. The molecule has 134 heavy (non-hydrogen) atoms. The van der Waals surface area contributed by atoms with Crippen LogP contribution in [0, 0.1) is 0 Å².